The van der Waals surface area contributed by atoms with Gasteiger partial charge in [-0.05, 0) is 12.1 Å². The highest BCUT2D eigenvalue weighted by molar-refractivity contribution is 6.31. The Balaban J connectivity index is 2.05. The molecule has 5 nitrogen and oxygen atoms in total. The fourth-order valence-corrected chi connectivity index (χ4v) is 1.64. The summed E-state index contributed by atoms with van der Waals surface area (Å²) in [5, 5.41) is 0.472. The Labute approximate surface area is 109 Å². The second kappa shape index (κ2) is 5.55. The van der Waals surface area contributed by atoms with Crippen molar-refractivity contribution in [3.63, 3.8) is 0 Å². The van der Waals surface area contributed by atoms with Crippen LogP contribution in [0.2, 0.25) is 0 Å². The molecule has 0 atom stereocenters. The zero-order valence-electron chi connectivity index (χ0n) is 9.41. The maximum Gasteiger partial charge on any atom is 0.254 e. The molecule has 0 fully saturated rings. The molecule has 2 heterocycles. The number of rotatable bonds is 2. The zero-order chi connectivity index (χ0) is 13.0. The Morgan fingerprint density at radius 2 is 2.11 bits per heavy atom. The maximum absolute atomic E-state index is 11.8. The highest BCUT2D eigenvalue weighted by atomic mass is 35.5. The molecule has 1 aliphatic rings. The van der Waals surface area contributed by atoms with Gasteiger partial charge in [-0.15, -0.1) is 0 Å². The summed E-state index contributed by atoms with van der Waals surface area (Å²) >= 11 is 5.72. The minimum Gasteiger partial charge on any atom is -0.275 e. The zero-order valence-corrected chi connectivity index (χ0v) is 10.2. The maximum atomic E-state index is 11.8. The highest BCUT2D eigenvalue weighted by Crippen LogP contribution is 2.15. The van der Waals surface area contributed by atoms with E-state index in [1.54, 1.807) is 18.5 Å². The summed E-state index contributed by atoms with van der Waals surface area (Å²) in [6.07, 6.45) is 7.65. The van der Waals surface area contributed by atoms with E-state index in [1.165, 1.54) is 18.2 Å². The summed E-state index contributed by atoms with van der Waals surface area (Å²) in [4.78, 5) is 32.3. The third kappa shape index (κ3) is 3.01. The molecule has 1 aliphatic heterocycles. The standard InChI is InChI=1S/C12H10ClN3O2/c13-9-4-7-16(12(18)8-9)11(17)3-2-10-14-5-1-6-15-10/h1-3,5-6,8H,4,7H2/b3-2+. The van der Waals surface area contributed by atoms with Gasteiger partial charge in [0, 0.05) is 42.5 Å². The van der Waals surface area contributed by atoms with Crippen LogP contribution >= 0.6 is 11.6 Å². The average Bonchev–Trinajstić information content (AvgIpc) is 2.37. The lowest BCUT2D eigenvalue weighted by Gasteiger charge is -2.21. The summed E-state index contributed by atoms with van der Waals surface area (Å²) < 4.78 is 0. The topological polar surface area (TPSA) is 63.2 Å². The van der Waals surface area contributed by atoms with Gasteiger partial charge in [0.2, 0.25) is 0 Å². The molecule has 0 bridgehead atoms. The van der Waals surface area contributed by atoms with E-state index in [0.29, 0.717) is 23.8 Å². The van der Waals surface area contributed by atoms with Gasteiger partial charge in [0.05, 0.1) is 0 Å². The molecule has 92 valence electrons. The van der Waals surface area contributed by atoms with Gasteiger partial charge in [-0.2, -0.15) is 0 Å². The summed E-state index contributed by atoms with van der Waals surface area (Å²) in [6, 6.07) is 1.68. The normalized spacial score (nSPS) is 15.9. The van der Waals surface area contributed by atoms with Crippen LogP contribution in [-0.2, 0) is 9.59 Å². The largest absolute Gasteiger partial charge is 0.275 e. The number of aromatic nitrogens is 2. The van der Waals surface area contributed by atoms with Crippen molar-refractivity contribution in [3.05, 3.63) is 41.5 Å². The molecule has 0 radical (unpaired) electrons. The van der Waals surface area contributed by atoms with Crippen molar-refractivity contribution in [2.45, 2.75) is 6.42 Å². The number of nitrogens with zero attached hydrogens (tertiary/aromatic N) is 3. The molecule has 0 aromatic carbocycles. The van der Waals surface area contributed by atoms with Crippen molar-refractivity contribution in [2.75, 3.05) is 6.54 Å². The molecule has 0 aliphatic carbocycles. The van der Waals surface area contributed by atoms with Crippen molar-refractivity contribution >= 4 is 29.5 Å². The van der Waals surface area contributed by atoms with E-state index in [-0.39, 0.29) is 0 Å². The minimum absolute atomic E-state index is 0.299. The number of imide groups is 1. The van der Waals surface area contributed by atoms with E-state index < -0.39 is 11.8 Å². The number of hydrogen-bond donors (Lipinski definition) is 0. The quantitative estimate of drug-likeness (QED) is 0.756. The van der Waals surface area contributed by atoms with Crippen molar-refractivity contribution < 1.29 is 9.59 Å². The number of hydrogen-bond acceptors (Lipinski definition) is 4. The van der Waals surface area contributed by atoms with Crippen LogP contribution in [0, 0.1) is 0 Å². The summed E-state index contributed by atoms with van der Waals surface area (Å²) in [5.74, 6) is -0.369. The fourth-order valence-electron chi connectivity index (χ4n) is 1.46. The second-order valence-corrected chi connectivity index (χ2v) is 4.10. The molecule has 0 saturated carbocycles. The van der Waals surface area contributed by atoms with E-state index in [2.05, 4.69) is 9.97 Å². The molecule has 1 aromatic rings. The van der Waals surface area contributed by atoms with Gasteiger partial charge >= 0.3 is 0 Å². The first-order valence-electron chi connectivity index (χ1n) is 5.33. The predicted octanol–water partition coefficient (Wildman–Crippen LogP) is 1.37. The summed E-state index contributed by atoms with van der Waals surface area (Å²) in [6.45, 7) is 0.299. The molecular formula is C12H10ClN3O2. The first-order chi connectivity index (χ1) is 8.66. The van der Waals surface area contributed by atoms with Crippen molar-refractivity contribution in [1.82, 2.24) is 14.9 Å². The molecule has 6 heteroatoms. The summed E-state index contributed by atoms with van der Waals surface area (Å²) in [5.41, 5.74) is 0. The van der Waals surface area contributed by atoms with Gasteiger partial charge in [-0.25, -0.2) is 9.97 Å². The first kappa shape index (κ1) is 12.4. The smallest absolute Gasteiger partial charge is 0.254 e. The first-order valence-corrected chi connectivity index (χ1v) is 5.71. The van der Waals surface area contributed by atoms with E-state index in [4.69, 9.17) is 11.6 Å². The Bertz CT molecular complexity index is 525. The summed E-state index contributed by atoms with van der Waals surface area (Å²) in [7, 11) is 0. The van der Waals surface area contributed by atoms with Crippen LogP contribution in [0.1, 0.15) is 12.2 Å². The van der Waals surface area contributed by atoms with Crippen LogP contribution in [0.4, 0.5) is 0 Å². The van der Waals surface area contributed by atoms with Gasteiger partial charge in [0.15, 0.2) is 5.82 Å². The minimum atomic E-state index is -0.395. The monoisotopic (exact) mass is 263 g/mol. The van der Waals surface area contributed by atoms with Gasteiger partial charge in [0.25, 0.3) is 11.8 Å². The van der Waals surface area contributed by atoms with Crippen LogP contribution in [-0.4, -0.2) is 33.2 Å². The van der Waals surface area contributed by atoms with Crippen LogP contribution in [0.3, 0.4) is 0 Å². The number of halogens is 1. The van der Waals surface area contributed by atoms with Crippen LogP contribution < -0.4 is 0 Å². The van der Waals surface area contributed by atoms with Crippen LogP contribution in [0.25, 0.3) is 6.08 Å². The molecule has 18 heavy (non-hydrogen) atoms. The molecular weight excluding hydrogens is 254 g/mol. The fraction of sp³-hybridized carbons (Fsp3) is 0.167. The molecule has 0 saturated heterocycles. The van der Waals surface area contributed by atoms with Crippen molar-refractivity contribution in [1.29, 1.82) is 0 Å². The van der Waals surface area contributed by atoms with E-state index >= 15 is 0 Å². The van der Waals surface area contributed by atoms with Crippen molar-refractivity contribution in [2.24, 2.45) is 0 Å². The van der Waals surface area contributed by atoms with Gasteiger partial charge < -0.3 is 0 Å². The Hall–Kier alpha value is -2.01. The molecule has 0 N–H and O–H groups in total. The predicted molar refractivity (Wildman–Crippen MR) is 66.3 cm³/mol. The molecule has 2 amide bonds. The number of amides is 2. The van der Waals surface area contributed by atoms with Crippen LogP contribution in [0.5, 0.6) is 0 Å². The van der Waals surface area contributed by atoms with Gasteiger partial charge in [-0.1, -0.05) is 11.6 Å². The van der Waals surface area contributed by atoms with Crippen LogP contribution in [0.15, 0.2) is 35.6 Å². The number of carbonyl (C=O) groups excluding carboxylic acids is 2. The third-order valence-corrected chi connectivity index (χ3v) is 2.65. The lowest BCUT2D eigenvalue weighted by atomic mass is 10.2. The lowest BCUT2D eigenvalue weighted by molar-refractivity contribution is -0.139. The molecule has 1 aromatic heterocycles. The Kier molecular flexibility index (Phi) is 3.84. The molecule has 0 spiro atoms. The third-order valence-electron chi connectivity index (χ3n) is 2.35. The van der Waals surface area contributed by atoms with Gasteiger partial charge in [0.1, 0.15) is 0 Å². The second-order valence-electron chi connectivity index (χ2n) is 3.61. The SMILES string of the molecule is O=C1C=C(Cl)CCN1C(=O)/C=C/c1ncccn1. The Morgan fingerprint density at radius 3 is 2.78 bits per heavy atom. The molecule has 0 unspecified atom stereocenters. The average molecular weight is 264 g/mol. The van der Waals surface area contributed by atoms with Crippen molar-refractivity contribution in [3.8, 4) is 0 Å². The Morgan fingerprint density at radius 1 is 1.39 bits per heavy atom. The molecule has 2 rings (SSSR count). The van der Waals surface area contributed by atoms with E-state index in [1.807, 2.05) is 0 Å². The van der Waals surface area contributed by atoms with Gasteiger partial charge in [-0.3, -0.25) is 14.5 Å². The van der Waals surface area contributed by atoms with E-state index in [0.717, 1.165) is 4.90 Å². The number of carbonyl (C=O) groups is 2. The highest BCUT2D eigenvalue weighted by Gasteiger charge is 2.21. The van der Waals surface area contributed by atoms with E-state index in [9.17, 15) is 9.59 Å². The lowest BCUT2D eigenvalue weighted by Crippen LogP contribution is -2.37.